The minimum absolute atomic E-state index is 0.0172. The summed E-state index contributed by atoms with van der Waals surface area (Å²) in [5.41, 5.74) is -0.187. The molecular weight excluding hydrogens is 386 g/mol. The minimum atomic E-state index is -4.55. The number of halogens is 4. The van der Waals surface area contributed by atoms with Crippen molar-refractivity contribution >= 4 is 27.4 Å². The first kappa shape index (κ1) is 19.0. The molecule has 0 amide bonds. The van der Waals surface area contributed by atoms with Gasteiger partial charge in [0.1, 0.15) is 11.5 Å². The molecule has 0 aromatic heterocycles. The average molecular weight is 399 g/mol. The summed E-state index contributed by atoms with van der Waals surface area (Å²) in [6, 6.07) is 8.85. The molecule has 2 aromatic rings. The monoisotopic (exact) mass is 399 g/mol. The van der Waals surface area contributed by atoms with Crippen LogP contribution in [0.25, 0.3) is 0 Å². The van der Waals surface area contributed by atoms with E-state index in [1.54, 1.807) is 0 Å². The molecule has 0 bridgehead atoms. The Kier molecular flexibility index (Phi) is 4.77. The molecule has 1 aliphatic rings. The third-order valence-electron chi connectivity index (χ3n) is 3.80. The Morgan fingerprint density at radius 3 is 2.33 bits per heavy atom. The van der Waals surface area contributed by atoms with Crippen LogP contribution in [0.2, 0.25) is 0 Å². The Morgan fingerprint density at radius 2 is 1.70 bits per heavy atom. The van der Waals surface area contributed by atoms with E-state index in [1.165, 1.54) is 43.3 Å². The van der Waals surface area contributed by atoms with Crippen molar-refractivity contribution in [2.24, 2.45) is 8.80 Å². The maximum atomic E-state index is 13.1. The molecule has 0 fully saturated rings. The first-order valence-corrected chi connectivity index (χ1v) is 9.07. The summed E-state index contributed by atoms with van der Waals surface area (Å²) in [5.74, 6) is -0.623. The molecule has 27 heavy (non-hydrogen) atoms. The first-order chi connectivity index (χ1) is 12.5. The van der Waals surface area contributed by atoms with Gasteiger partial charge in [-0.1, -0.05) is 18.2 Å². The number of rotatable bonds is 3. The highest BCUT2D eigenvalue weighted by molar-refractivity contribution is 7.89. The Morgan fingerprint density at radius 1 is 1.04 bits per heavy atom. The smallest absolute Gasteiger partial charge is 0.338 e. The van der Waals surface area contributed by atoms with Crippen molar-refractivity contribution < 1.29 is 26.0 Å². The van der Waals surface area contributed by atoms with Crippen molar-refractivity contribution in [2.75, 3.05) is 5.32 Å². The van der Waals surface area contributed by atoms with Gasteiger partial charge in [0.15, 0.2) is 5.84 Å². The van der Waals surface area contributed by atoms with Crippen molar-refractivity contribution in [1.82, 2.24) is 0 Å². The lowest BCUT2D eigenvalue weighted by Gasteiger charge is -2.13. The molecule has 1 heterocycles. The van der Waals surface area contributed by atoms with E-state index in [9.17, 15) is 26.0 Å². The minimum Gasteiger partial charge on any atom is -0.338 e. The van der Waals surface area contributed by atoms with Crippen LogP contribution in [0.5, 0.6) is 0 Å². The van der Waals surface area contributed by atoms with Crippen molar-refractivity contribution in [3.05, 3.63) is 65.0 Å². The molecule has 3 rings (SSSR count). The standard InChI is InChI=1S/C17H13F4N3O2S/c1-10-2-7-13(9-14(10)17(19,20)21)22-16-15(23-27(25,26)24-16)8-11-3-5-12(18)6-4-11/h2-7,9H,8H2,1H3,(H,22,24). The van der Waals surface area contributed by atoms with Gasteiger partial charge in [-0.3, -0.25) is 0 Å². The van der Waals surface area contributed by atoms with Crippen LogP contribution in [0.15, 0.2) is 51.3 Å². The Balaban J connectivity index is 1.89. The topological polar surface area (TPSA) is 70.9 Å². The maximum absolute atomic E-state index is 13.1. The third-order valence-corrected chi connectivity index (χ3v) is 4.66. The van der Waals surface area contributed by atoms with Crippen molar-refractivity contribution in [3.63, 3.8) is 0 Å². The second-order valence-electron chi connectivity index (χ2n) is 5.88. The SMILES string of the molecule is Cc1ccc(NC2=NS(=O)(=O)N=C2Cc2ccc(F)cc2)cc1C(F)(F)F. The predicted octanol–water partition coefficient (Wildman–Crippen LogP) is 3.91. The third kappa shape index (κ3) is 4.51. The van der Waals surface area contributed by atoms with Crippen molar-refractivity contribution in [1.29, 1.82) is 0 Å². The van der Waals surface area contributed by atoms with E-state index in [0.29, 0.717) is 5.56 Å². The molecule has 0 aliphatic carbocycles. The molecule has 0 saturated carbocycles. The van der Waals surface area contributed by atoms with Gasteiger partial charge < -0.3 is 5.32 Å². The molecule has 0 spiro atoms. The summed E-state index contributed by atoms with van der Waals surface area (Å²) < 4.78 is 82.5. The molecule has 5 nitrogen and oxygen atoms in total. The summed E-state index contributed by atoms with van der Waals surface area (Å²) in [4.78, 5) is 0. The zero-order chi connectivity index (χ0) is 19.8. The van der Waals surface area contributed by atoms with Crippen LogP contribution in [-0.2, 0) is 22.8 Å². The van der Waals surface area contributed by atoms with E-state index >= 15 is 0 Å². The zero-order valence-corrected chi connectivity index (χ0v) is 14.7. The first-order valence-electron chi connectivity index (χ1n) is 7.67. The highest BCUT2D eigenvalue weighted by Gasteiger charge is 2.33. The van der Waals surface area contributed by atoms with Crippen LogP contribution in [0, 0.1) is 12.7 Å². The number of amidine groups is 1. The number of aryl methyl sites for hydroxylation is 1. The highest BCUT2D eigenvalue weighted by Crippen LogP contribution is 2.33. The molecule has 142 valence electrons. The van der Waals surface area contributed by atoms with Gasteiger partial charge in [-0.25, -0.2) is 4.39 Å². The Labute approximate surface area is 152 Å². The fraction of sp³-hybridized carbons (Fsp3) is 0.176. The van der Waals surface area contributed by atoms with Gasteiger partial charge in [0.2, 0.25) is 0 Å². The van der Waals surface area contributed by atoms with Gasteiger partial charge in [-0.2, -0.15) is 21.6 Å². The van der Waals surface area contributed by atoms with Crippen molar-refractivity contribution in [3.8, 4) is 0 Å². The van der Waals surface area contributed by atoms with Gasteiger partial charge in [0, 0.05) is 12.1 Å². The van der Waals surface area contributed by atoms with Crippen LogP contribution in [0.1, 0.15) is 16.7 Å². The molecule has 0 saturated heterocycles. The molecule has 1 N–H and O–H groups in total. The number of alkyl halides is 3. The van der Waals surface area contributed by atoms with Gasteiger partial charge in [-0.15, -0.1) is 8.80 Å². The van der Waals surface area contributed by atoms with Crippen LogP contribution in [0.3, 0.4) is 0 Å². The lowest BCUT2D eigenvalue weighted by Crippen LogP contribution is -2.23. The number of nitrogens with one attached hydrogen (secondary N) is 1. The molecule has 1 aliphatic heterocycles. The molecule has 10 heteroatoms. The second-order valence-corrected chi connectivity index (χ2v) is 7.14. The summed E-state index contributed by atoms with van der Waals surface area (Å²) >= 11 is 0. The number of nitrogens with zero attached hydrogens (tertiary/aromatic N) is 2. The van der Waals surface area contributed by atoms with Gasteiger partial charge in [-0.05, 0) is 42.3 Å². The van der Waals surface area contributed by atoms with Gasteiger partial charge in [0.25, 0.3) is 0 Å². The number of hydrogen-bond acceptors (Lipinski definition) is 3. The summed E-state index contributed by atoms with van der Waals surface area (Å²) in [7, 11) is -4.12. The van der Waals surface area contributed by atoms with Crippen LogP contribution >= 0.6 is 0 Å². The van der Waals surface area contributed by atoms with E-state index in [-0.39, 0.29) is 29.2 Å². The quantitative estimate of drug-likeness (QED) is 0.796. The molecule has 0 atom stereocenters. The molecule has 0 unspecified atom stereocenters. The normalized spacial score (nSPS) is 16.0. The summed E-state index contributed by atoms with van der Waals surface area (Å²) in [6.07, 6.45) is -4.53. The van der Waals surface area contributed by atoms with Gasteiger partial charge in [0.05, 0.1) is 5.56 Å². The molecular formula is C17H13F4N3O2S. The maximum Gasteiger partial charge on any atom is 0.416 e. The van der Waals surface area contributed by atoms with E-state index in [1.807, 2.05) is 0 Å². The zero-order valence-electron chi connectivity index (χ0n) is 13.9. The second kappa shape index (κ2) is 6.76. The number of benzene rings is 2. The predicted molar refractivity (Wildman–Crippen MR) is 93.7 cm³/mol. The van der Waals surface area contributed by atoms with E-state index in [0.717, 1.165) is 6.07 Å². The van der Waals surface area contributed by atoms with Gasteiger partial charge >= 0.3 is 16.4 Å². The van der Waals surface area contributed by atoms with E-state index in [4.69, 9.17) is 0 Å². The number of hydrogen-bond donors (Lipinski definition) is 1. The number of anilines is 1. The molecule has 0 radical (unpaired) electrons. The lowest BCUT2D eigenvalue weighted by molar-refractivity contribution is -0.138. The highest BCUT2D eigenvalue weighted by atomic mass is 32.2. The Bertz CT molecular complexity index is 1040. The van der Waals surface area contributed by atoms with E-state index < -0.39 is 27.8 Å². The summed E-state index contributed by atoms with van der Waals surface area (Å²) in [5, 5.41) is 2.58. The van der Waals surface area contributed by atoms with Crippen LogP contribution in [-0.4, -0.2) is 20.0 Å². The lowest BCUT2D eigenvalue weighted by atomic mass is 10.1. The summed E-state index contributed by atoms with van der Waals surface area (Å²) in [6.45, 7) is 1.32. The largest absolute Gasteiger partial charge is 0.416 e. The van der Waals surface area contributed by atoms with Crippen LogP contribution < -0.4 is 5.32 Å². The average Bonchev–Trinajstić information content (AvgIpc) is 2.84. The van der Waals surface area contributed by atoms with E-state index in [2.05, 4.69) is 14.1 Å². The fourth-order valence-corrected chi connectivity index (χ4v) is 3.37. The fourth-order valence-electron chi connectivity index (χ4n) is 2.52. The molecule has 2 aromatic carbocycles. The Hall–Kier alpha value is -2.75. The van der Waals surface area contributed by atoms with Crippen LogP contribution in [0.4, 0.5) is 23.2 Å². The van der Waals surface area contributed by atoms with Crippen molar-refractivity contribution in [2.45, 2.75) is 19.5 Å².